The number of nitrogens with two attached hydrogens (primary N) is 1. The van der Waals surface area contributed by atoms with Crippen LogP contribution in [0, 0.1) is 0 Å². The predicted octanol–water partition coefficient (Wildman–Crippen LogP) is 2.44. The maximum atomic E-state index is 11.8. The zero-order valence-electron chi connectivity index (χ0n) is 9.46. The van der Waals surface area contributed by atoms with Crippen molar-refractivity contribution in [3.8, 4) is 11.5 Å². The first kappa shape index (κ1) is 10.5. The minimum Gasteiger partial charge on any atom is -0.403 e. The Morgan fingerprint density at radius 3 is 2.72 bits per heavy atom. The molecule has 0 fully saturated rings. The molecule has 2 N–H and O–H groups in total. The topological polar surface area (TPSA) is 69.1 Å². The van der Waals surface area contributed by atoms with Crippen LogP contribution < -0.4 is 11.4 Å². The van der Waals surface area contributed by atoms with Crippen LogP contribution in [0.3, 0.4) is 0 Å². The van der Waals surface area contributed by atoms with E-state index < -0.39 is 5.63 Å². The number of aromatic nitrogens is 1. The highest BCUT2D eigenvalue weighted by molar-refractivity contribution is 5.78. The van der Waals surface area contributed by atoms with Crippen molar-refractivity contribution < 1.29 is 4.42 Å². The molecule has 4 nitrogen and oxygen atoms in total. The van der Waals surface area contributed by atoms with Gasteiger partial charge < -0.3 is 10.2 Å². The Morgan fingerprint density at radius 2 is 1.89 bits per heavy atom. The fourth-order valence-electron chi connectivity index (χ4n) is 1.81. The van der Waals surface area contributed by atoms with E-state index in [1.165, 1.54) is 0 Å². The van der Waals surface area contributed by atoms with Gasteiger partial charge in [0.15, 0.2) is 0 Å². The van der Waals surface area contributed by atoms with Gasteiger partial charge in [0, 0.05) is 11.3 Å². The Morgan fingerprint density at radius 1 is 1.06 bits per heavy atom. The molecule has 0 aliphatic rings. The second-order valence-electron chi connectivity index (χ2n) is 3.95. The maximum Gasteiger partial charge on any atom is 0.347 e. The van der Waals surface area contributed by atoms with Crippen LogP contribution in [0.15, 0.2) is 57.7 Å². The lowest BCUT2D eigenvalue weighted by Crippen LogP contribution is -2.02. The molecule has 0 atom stereocenters. The number of anilines is 1. The molecule has 0 bridgehead atoms. The van der Waals surface area contributed by atoms with E-state index in [2.05, 4.69) is 4.98 Å². The van der Waals surface area contributed by atoms with Crippen molar-refractivity contribution in [2.75, 3.05) is 5.73 Å². The SMILES string of the molecule is Nc1cccc(-c2nc3ccccc3c(=O)o2)c1. The summed E-state index contributed by atoms with van der Waals surface area (Å²) in [6, 6.07) is 14.2. The molecule has 4 heteroatoms. The molecule has 0 spiro atoms. The number of hydrogen-bond acceptors (Lipinski definition) is 4. The molecule has 18 heavy (non-hydrogen) atoms. The third kappa shape index (κ3) is 1.73. The van der Waals surface area contributed by atoms with E-state index in [0.717, 1.165) is 0 Å². The summed E-state index contributed by atoms with van der Waals surface area (Å²) in [6.45, 7) is 0. The van der Waals surface area contributed by atoms with Gasteiger partial charge in [-0.05, 0) is 30.3 Å². The highest BCUT2D eigenvalue weighted by Gasteiger charge is 2.07. The summed E-state index contributed by atoms with van der Waals surface area (Å²) in [5.41, 5.74) is 7.22. The Labute approximate surface area is 103 Å². The number of para-hydroxylation sites is 1. The molecule has 3 aromatic rings. The molecule has 2 aromatic carbocycles. The van der Waals surface area contributed by atoms with Gasteiger partial charge in [-0.15, -0.1) is 0 Å². The van der Waals surface area contributed by atoms with Gasteiger partial charge in [0.05, 0.1) is 10.9 Å². The molecule has 1 heterocycles. The fourth-order valence-corrected chi connectivity index (χ4v) is 1.81. The minimum atomic E-state index is -0.391. The zero-order chi connectivity index (χ0) is 12.5. The van der Waals surface area contributed by atoms with Crippen LogP contribution in [0.5, 0.6) is 0 Å². The predicted molar refractivity (Wildman–Crippen MR) is 70.1 cm³/mol. The van der Waals surface area contributed by atoms with E-state index in [-0.39, 0.29) is 5.89 Å². The molecule has 0 radical (unpaired) electrons. The Balaban J connectivity index is 2.28. The summed E-state index contributed by atoms with van der Waals surface area (Å²) < 4.78 is 5.21. The van der Waals surface area contributed by atoms with Gasteiger partial charge in [-0.3, -0.25) is 0 Å². The largest absolute Gasteiger partial charge is 0.403 e. The average Bonchev–Trinajstić information content (AvgIpc) is 2.39. The van der Waals surface area contributed by atoms with Gasteiger partial charge in [-0.25, -0.2) is 9.78 Å². The number of fused-ring (bicyclic) bond motifs is 1. The van der Waals surface area contributed by atoms with Crippen LogP contribution in [0.2, 0.25) is 0 Å². The molecule has 0 unspecified atom stereocenters. The Kier molecular flexibility index (Phi) is 2.34. The molecule has 0 amide bonds. The van der Waals surface area contributed by atoms with Crippen LogP contribution in [-0.2, 0) is 0 Å². The van der Waals surface area contributed by atoms with E-state index in [9.17, 15) is 4.79 Å². The van der Waals surface area contributed by atoms with Crippen molar-refractivity contribution in [1.29, 1.82) is 0 Å². The van der Waals surface area contributed by atoms with Crippen LogP contribution >= 0.6 is 0 Å². The van der Waals surface area contributed by atoms with Crippen LogP contribution in [0.1, 0.15) is 0 Å². The second kappa shape index (κ2) is 4.00. The summed E-state index contributed by atoms with van der Waals surface area (Å²) in [7, 11) is 0. The van der Waals surface area contributed by atoms with E-state index in [4.69, 9.17) is 10.2 Å². The molecule has 0 saturated carbocycles. The molecular formula is C14H10N2O2. The maximum absolute atomic E-state index is 11.8. The average molecular weight is 238 g/mol. The van der Waals surface area contributed by atoms with Gasteiger partial charge >= 0.3 is 5.63 Å². The zero-order valence-corrected chi connectivity index (χ0v) is 9.46. The lowest BCUT2D eigenvalue weighted by Gasteiger charge is -2.02. The molecule has 0 aliphatic carbocycles. The lowest BCUT2D eigenvalue weighted by atomic mass is 10.2. The Bertz CT molecular complexity index is 778. The number of nitrogen functional groups attached to an aromatic ring is 1. The van der Waals surface area contributed by atoms with Crippen molar-refractivity contribution in [2.45, 2.75) is 0 Å². The van der Waals surface area contributed by atoms with E-state index in [1.54, 1.807) is 42.5 Å². The third-order valence-corrected chi connectivity index (χ3v) is 2.67. The number of benzene rings is 2. The molecule has 0 aliphatic heterocycles. The molecular weight excluding hydrogens is 228 g/mol. The highest BCUT2D eigenvalue weighted by atomic mass is 16.4. The smallest absolute Gasteiger partial charge is 0.347 e. The second-order valence-corrected chi connectivity index (χ2v) is 3.95. The van der Waals surface area contributed by atoms with Crippen LogP contribution in [0.25, 0.3) is 22.4 Å². The van der Waals surface area contributed by atoms with Crippen LogP contribution in [-0.4, -0.2) is 4.98 Å². The van der Waals surface area contributed by atoms with Gasteiger partial charge in [-0.1, -0.05) is 18.2 Å². The summed E-state index contributed by atoms with van der Waals surface area (Å²) in [5, 5.41) is 0.477. The van der Waals surface area contributed by atoms with Crippen LogP contribution in [0.4, 0.5) is 5.69 Å². The van der Waals surface area contributed by atoms with Gasteiger partial charge in [0.1, 0.15) is 0 Å². The van der Waals surface area contributed by atoms with Gasteiger partial charge in [0.25, 0.3) is 0 Å². The number of rotatable bonds is 1. The molecule has 1 aromatic heterocycles. The first-order chi connectivity index (χ1) is 8.74. The summed E-state index contributed by atoms with van der Waals surface area (Å²) in [5.74, 6) is 0.283. The summed E-state index contributed by atoms with van der Waals surface area (Å²) >= 11 is 0. The number of hydrogen-bond donors (Lipinski definition) is 1. The summed E-state index contributed by atoms with van der Waals surface area (Å²) in [4.78, 5) is 16.1. The van der Waals surface area contributed by atoms with Crippen molar-refractivity contribution >= 4 is 16.6 Å². The van der Waals surface area contributed by atoms with Gasteiger partial charge in [-0.2, -0.15) is 0 Å². The highest BCUT2D eigenvalue weighted by Crippen LogP contribution is 2.20. The third-order valence-electron chi connectivity index (χ3n) is 2.67. The minimum absolute atomic E-state index is 0.283. The molecule has 88 valence electrons. The number of nitrogens with zero attached hydrogens (tertiary/aromatic N) is 1. The summed E-state index contributed by atoms with van der Waals surface area (Å²) in [6.07, 6.45) is 0. The van der Waals surface area contributed by atoms with Crippen molar-refractivity contribution in [3.63, 3.8) is 0 Å². The first-order valence-electron chi connectivity index (χ1n) is 5.50. The molecule has 0 saturated heterocycles. The van der Waals surface area contributed by atoms with Crippen molar-refractivity contribution in [3.05, 3.63) is 59.0 Å². The van der Waals surface area contributed by atoms with E-state index in [1.807, 2.05) is 6.07 Å². The normalized spacial score (nSPS) is 10.7. The van der Waals surface area contributed by atoms with E-state index in [0.29, 0.717) is 22.2 Å². The van der Waals surface area contributed by atoms with Gasteiger partial charge in [0.2, 0.25) is 5.89 Å². The van der Waals surface area contributed by atoms with Crippen molar-refractivity contribution in [1.82, 2.24) is 4.98 Å². The Hall–Kier alpha value is -2.62. The quantitative estimate of drug-likeness (QED) is 0.661. The first-order valence-corrected chi connectivity index (χ1v) is 5.50. The molecule has 3 rings (SSSR count). The lowest BCUT2D eigenvalue weighted by molar-refractivity contribution is 0.518. The standard InChI is InChI=1S/C14H10N2O2/c15-10-5-3-4-9(8-10)13-16-12-7-2-1-6-11(12)14(17)18-13/h1-8H,15H2. The fraction of sp³-hybridized carbons (Fsp3) is 0. The monoisotopic (exact) mass is 238 g/mol. The van der Waals surface area contributed by atoms with E-state index >= 15 is 0 Å². The van der Waals surface area contributed by atoms with Crippen molar-refractivity contribution in [2.24, 2.45) is 0 Å².